The van der Waals surface area contributed by atoms with E-state index in [9.17, 15) is 8.42 Å². The molecule has 1 aromatic rings. The molecular formula is C13H21ClN4O2S2. The number of guanidine groups is 1. The predicted molar refractivity (Wildman–Crippen MR) is 91.0 cm³/mol. The molecule has 6 nitrogen and oxygen atoms in total. The highest BCUT2D eigenvalue weighted by Gasteiger charge is 2.16. The molecule has 0 saturated heterocycles. The molecule has 22 heavy (non-hydrogen) atoms. The first-order valence-electron chi connectivity index (χ1n) is 7.29. The molecule has 124 valence electrons. The van der Waals surface area contributed by atoms with Crippen LogP contribution in [0.4, 0.5) is 0 Å². The molecule has 0 atom stereocenters. The largest absolute Gasteiger partial charge is 0.370 e. The minimum Gasteiger partial charge on any atom is -0.370 e. The van der Waals surface area contributed by atoms with Crippen LogP contribution in [0.2, 0.25) is 4.34 Å². The Morgan fingerprint density at radius 3 is 2.73 bits per heavy atom. The van der Waals surface area contributed by atoms with Gasteiger partial charge in [0.1, 0.15) is 4.21 Å². The van der Waals surface area contributed by atoms with Gasteiger partial charge in [-0.1, -0.05) is 30.9 Å². The number of nitrogens with one attached hydrogen (secondary N) is 2. The van der Waals surface area contributed by atoms with Crippen molar-refractivity contribution in [2.24, 2.45) is 10.7 Å². The summed E-state index contributed by atoms with van der Waals surface area (Å²) in [5, 5.41) is 3.19. The fourth-order valence-corrected chi connectivity index (χ4v) is 4.92. The number of halogens is 1. The van der Waals surface area contributed by atoms with Gasteiger partial charge in [0.25, 0.3) is 0 Å². The van der Waals surface area contributed by atoms with E-state index in [1.165, 1.54) is 25.3 Å². The van der Waals surface area contributed by atoms with Crippen LogP contribution in [-0.4, -0.2) is 33.5 Å². The fourth-order valence-electron chi connectivity index (χ4n) is 2.37. The predicted octanol–water partition coefficient (Wildman–Crippen LogP) is 1.92. The third-order valence-electron chi connectivity index (χ3n) is 3.46. The second-order valence-electron chi connectivity index (χ2n) is 5.20. The first-order valence-corrected chi connectivity index (χ1v) is 9.96. The summed E-state index contributed by atoms with van der Waals surface area (Å²) in [6, 6.07) is 3.44. The molecule has 0 bridgehead atoms. The number of rotatable bonds is 6. The summed E-state index contributed by atoms with van der Waals surface area (Å²) < 4.78 is 27.0. The summed E-state index contributed by atoms with van der Waals surface area (Å²) in [4.78, 5) is 4.15. The molecule has 1 aromatic heterocycles. The van der Waals surface area contributed by atoms with Crippen molar-refractivity contribution in [3.8, 4) is 0 Å². The third-order valence-corrected chi connectivity index (χ3v) is 6.64. The molecule has 0 unspecified atom stereocenters. The zero-order chi connectivity index (χ0) is 16.0. The monoisotopic (exact) mass is 364 g/mol. The molecular weight excluding hydrogens is 344 g/mol. The first-order chi connectivity index (χ1) is 10.5. The Kier molecular flexibility index (Phi) is 6.49. The lowest BCUT2D eigenvalue weighted by atomic mass is 9.96. The van der Waals surface area contributed by atoms with Crippen molar-refractivity contribution >= 4 is 38.9 Å². The molecule has 4 N–H and O–H groups in total. The van der Waals surface area contributed by atoms with Gasteiger partial charge in [0.05, 0.1) is 10.9 Å². The van der Waals surface area contributed by atoms with Crippen molar-refractivity contribution in [2.45, 2.75) is 42.4 Å². The molecule has 2 rings (SSSR count). The van der Waals surface area contributed by atoms with Crippen LogP contribution >= 0.6 is 22.9 Å². The lowest BCUT2D eigenvalue weighted by molar-refractivity contribution is 0.412. The second kappa shape index (κ2) is 8.14. The average Bonchev–Trinajstić information content (AvgIpc) is 2.92. The molecule has 0 spiro atoms. The van der Waals surface area contributed by atoms with Crippen LogP contribution in [0, 0.1) is 0 Å². The van der Waals surface area contributed by atoms with Gasteiger partial charge in [-0.05, 0) is 25.0 Å². The van der Waals surface area contributed by atoms with Crippen LogP contribution in [0.5, 0.6) is 0 Å². The van der Waals surface area contributed by atoms with Crippen LogP contribution in [0.15, 0.2) is 21.3 Å². The Balaban J connectivity index is 1.74. The van der Waals surface area contributed by atoms with Gasteiger partial charge in [-0.3, -0.25) is 4.99 Å². The Hall–Kier alpha value is -0.830. The zero-order valence-electron chi connectivity index (χ0n) is 12.2. The summed E-state index contributed by atoms with van der Waals surface area (Å²) in [5.41, 5.74) is 5.82. The number of nitrogens with zero attached hydrogens (tertiary/aromatic N) is 1. The SMILES string of the molecule is NC(=NCCNS(=O)(=O)c1ccc(Cl)s1)NC1CCCCC1. The van der Waals surface area contributed by atoms with E-state index in [0.717, 1.165) is 24.2 Å². The minimum atomic E-state index is -3.51. The van der Waals surface area contributed by atoms with Gasteiger partial charge in [-0.2, -0.15) is 0 Å². The van der Waals surface area contributed by atoms with E-state index >= 15 is 0 Å². The van der Waals surface area contributed by atoms with Crippen LogP contribution in [0.25, 0.3) is 0 Å². The molecule has 1 aliphatic carbocycles. The van der Waals surface area contributed by atoms with Crippen molar-refractivity contribution in [1.82, 2.24) is 10.0 Å². The van der Waals surface area contributed by atoms with E-state index in [0.29, 0.717) is 22.9 Å². The number of thiophene rings is 1. The zero-order valence-corrected chi connectivity index (χ0v) is 14.6. The lowest BCUT2D eigenvalue weighted by Crippen LogP contribution is -2.41. The number of hydrogen-bond acceptors (Lipinski definition) is 4. The number of sulfonamides is 1. The Morgan fingerprint density at radius 1 is 1.36 bits per heavy atom. The summed E-state index contributed by atoms with van der Waals surface area (Å²) in [6.07, 6.45) is 5.94. The van der Waals surface area contributed by atoms with Crippen LogP contribution in [0.1, 0.15) is 32.1 Å². The number of nitrogens with two attached hydrogens (primary N) is 1. The molecule has 0 aliphatic heterocycles. The molecule has 0 radical (unpaired) electrons. The van der Waals surface area contributed by atoms with E-state index in [1.807, 2.05) is 0 Å². The Bertz CT molecular complexity index is 609. The number of hydrogen-bond donors (Lipinski definition) is 3. The molecule has 0 amide bonds. The summed E-state index contributed by atoms with van der Waals surface area (Å²) in [7, 11) is -3.51. The highest BCUT2D eigenvalue weighted by molar-refractivity contribution is 7.91. The Labute approximate surface area is 140 Å². The van der Waals surface area contributed by atoms with E-state index in [2.05, 4.69) is 15.0 Å². The first kappa shape index (κ1) is 17.5. The van der Waals surface area contributed by atoms with E-state index in [1.54, 1.807) is 6.07 Å². The maximum absolute atomic E-state index is 12.0. The van der Waals surface area contributed by atoms with Crippen molar-refractivity contribution in [3.05, 3.63) is 16.5 Å². The van der Waals surface area contributed by atoms with Gasteiger partial charge >= 0.3 is 0 Å². The van der Waals surface area contributed by atoms with Gasteiger partial charge in [-0.25, -0.2) is 13.1 Å². The van der Waals surface area contributed by atoms with Crippen LogP contribution in [0.3, 0.4) is 0 Å². The van der Waals surface area contributed by atoms with Crippen LogP contribution < -0.4 is 15.8 Å². The Morgan fingerprint density at radius 2 is 2.09 bits per heavy atom. The summed E-state index contributed by atoms with van der Waals surface area (Å²) >= 11 is 6.77. The van der Waals surface area contributed by atoms with E-state index in [-0.39, 0.29) is 10.8 Å². The molecule has 9 heteroatoms. The number of aliphatic imine (C=N–C) groups is 1. The quantitative estimate of drug-likeness (QED) is 0.408. The van der Waals surface area contributed by atoms with E-state index in [4.69, 9.17) is 17.3 Å². The molecule has 1 saturated carbocycles. The standard InChI is InChI=1S/C13H21ClN4O2S2/c14-11-6-7-12(21-11)22(19,20)17-9-8-16-13(15)18-10-4-2-1-3-5-10/h6-7,10,17H,1-5,8-9H2,(H3,15,16,18). The van der Waals surface area contributed by atoms with Gasteiger partial charge < -0.3 is 11.1 Å². The summed E-state index contributed by atoms with van der Waals surface area (Å²) in [6.45, 7) is 0.495. The second-order valence-corrected chi connectivity index (χ2v) is 8.91. The van der Waals surface area contributed by atoms with Crippen molar-refractivity contribution in [2.75, 3.05) is 13.1 Å². The van der Waals surface area contributed by atoms with Gasteiger partial charge in [0.2, 0.25) is 10.0 Å². The highest BCUT2D eigenvalue weighted by Crippen LogP contribution is 2.25. The maximum Gasteiger partial charge on any atom is 0.250 e. The minimum absolute atomic E-state index is 0.199. The lowest BCUT2D eigenvalue weighted by Gasteiger charge is -2.23. The fraction of sp³-hybridized carbons (Fsp3) is 0.615. The van der Waals surface area contributed by atoms with Gasteiger partial charge in [0.15, 0.2) is 5.96 Å². The van der Waals surface area contributed by atoms with E-state index < -0.39 is 10.0 Å². The van der Waals surface area contributed by atoms with Gasteiger partial charge in [-0.15, -0.1) is 11.3 Å². The average molecular weight is 365 g/mol. The van der Waals surface area contributed by atoms with Crippen molar-refractivity contribution in [3.63, 3.8) is 0 Å². The topological polar surface area (TPSA) is 96.6 Å². The molecule has 1 heterocycles. The molecule has 1 fully saturated rings. The maximum atomic E-state index is 12.0. The third kappa shape index (κ3) is 5.42. The van der Waals surface area contributed by atoms with Crippen molar-refractivity contribution in [1.29, 1.82) is 0 Å². The normalized spacial score (nSPS) is 17.6. The highest BCUT2D eigenvalue weighted by atomic mass is 35.5. The molecule has 1 aliphatic rings. The van der Waals surface area contributed by atoms with Crippen molar-refractivity contribution < 1.29 is 8.42 Å². The van der Waals surface area contributed by atoms with Crippen LogP contribution in [-0.2, 0) is 10.0 Å². The summed E-state index contributed by atoms with van der Waals surface area (Å²) in [5.74, 6) is 0.380. The molecule has 0 aromatic carbocycles. The smallest absolute Gasteiger partial charge is 0.250 e. The van der Waals surface area contributed by atoms with Gasteiger partial charge in [0, 0.05) is 12.6 Å².